The average molecular weight is 371 g/mol. The largest absolute Gasteiger partial charge is 0.341 e. The second kappa shape index (κ2) is 9.72. The summed E-state index contributed by atoms with van der Waals surface area (Å²) in [5.41, 5.74) is 0. The molecule has 3 heterocycles. The van der Waals surface area contributed by atoms with Crippen molar-refractivity contribution in [2.75, 3.05) is 25.0 Å². The number of nitrogens with zero attached hydrogens (tertiary/aromatic N) is 4. The van der Waals surface area contributed by atoms with Gasteiger partial charge in [0.1, 0.15) is 12.9 Å². The van der Waals surface area contributed by atoms with E-state index in [1.54, 1.807) is 0 Å². The molecular formula is C16H27ClN6O2. The van der Waals surface area contributed by atoms with Crippen molar-refractivity contribution in [1.29, 1.82) is 0 Å². The lowest BCUT2D eigenvalue weighted by molar-refractivity contribution is -0.132. The second-order valence-electron chi connectivity index (χ2n) is 6.55. The van der Waals surface area contributed by atoms with Crippen molar-refractivity contribution in [2.45, 2.75) is 57.5 Å². The first kappa shape index (κ1) is 19.7. The van der Waals surface area contributed by atoms with Crippen LogP contribution in [0.1, 0.15) is 44.9 Å². The summed E-state index contributed by atoms with van der Waals surface area (Å²) in [4.78, 5) is 30.5. The summed E-state index contributed by atoms with van der Waals surface area (Å²) in [6.07, 6.45) is 9.01. The Morgan fingerprint density at radius 3 is 2.60 bits per heavy atom. The Labute approximate surface area is 154 Å². The molecule has 3 rings (SSSR count). The van der Waals surface area contributed by atoms with E-state index in [1.165, 1.54) is 23.9 Å². The Bertz CT molecular complexity index is 565. The van der Waals surface area contributed by atoms with Gasteiger partial charge in [0.05, 0.1) is 6.04 Å². The van der Waals surface area contributed by atoms with Crippen LogP contribution < -0.4 is 10.6 Å². The van der Waals surface area contributed by atoms with Crippen LogP contribution in [0.4, 0.5) is 5.95 Å². The highest BCUT2D eigenvalue weighted by molar-refractivity contribution is 5.93. The van der Waals surface area contributed by atoms with E-state index < -0.39 is 0 Å². The standard InChI is InChI=1S/C16H26N6O2.ClH/c23-14(21-9-5-1-2-6-10-21)11-22-12-18-16(20-22)19-15(24)13-7-3-4-8-17-13;/h12-13,17H,1-11H2,(H,19,20,24);1H. The summed E-state index contributed by atoms with van der Waals surface area (Å²) in [6.45, 7) is 2.68. The Balaban J connectivity index is 0.00000225. The number of nitrogens with one attached hydrogen (secondary N) is 2. The fourth-order valence-electron chi connectivity index (χ4n) is 3.26. The predicted molar refractivity (Wildman–Crippen MR) is 96.6 cm³/mol. The van der Waals surface area contributed by atoms with Crippen molar-refractivity contribution in [3.05, 3.63) is 6.33 Å². The molecule has 0 bridgehead atoms. The van der Waals surface area contributed by atoms with Crippen LogP contribution in [0, 0.1) is 0 Å². The predicted octanol–water partition coefficient (Wildman–Crippen LogP) is 1.18. The molecule has 8 nitrogen and oxygen atoms in total. The lowest BCUT2D eigenvalue weighted by atomic mass is 10.0. The van der Waals surface area contributed by atoms with Crippen LogP contribution in [-0.4, -0.2) is 57.2 Å². The van der Waals surface area contributed by atoms with Crippen molar-refractivity contribution in [3.63, 3.8) is 0 Å². The molecule has 0 aliphatic carbocycles. The molecule has 2 aliphatic rings. The molecule has 1 aromatic heterocycles. The topological polar surface area (TPSA) is 92.2 Å². The van der Waals surface area contributed by atoms with Crippen molar-refractivity contribution < 1.29 is 9.59 Å². The maximum atomic E-state index is 12.3. The van der Waals surface area contributed by atoms with Crippen LogP contribution in [0.25, 0.3) is 0 Å². The first-order valence-corrected chi connectivity index (χ1v) is 8.94. The van der Waals surface area contributed by atoms with E-state index in [2.05, 4.69) is 20.7 Å². The van der Waals surface area contributed by atoms with Crippen LogP contribution in [0.3, 0.4) is 0 Å². The molecule has 0 saturated carbocycles. The molecule has 2 saturated heterocycles. The maximum absolute atomic E-state index is 12.3. The van der Waals surface area contributed by atoms with E-state index in [1.807, 2.05) is 4.90 Å². The van der Waals surface area contributed by atoms with Gasteiger partial charge >= 0.3 is 0 Å². The van der Waals surface area contributed by atoms with Gasteiger partial charge in [-0.15, -0.1) is 17.5 Å². The first-order chi connectivity index (χ1) is 11.7. The van der Waals surface area contributed by atoms with Gasteiger partial charge in [0, 0.05) is 13.1 Å². The fourth-order valence-corrected chi connectivity index (χ4v) is 3.26. The maximum Gasteiger partial charge on any atom is 0.248 e. The minimum Gasteiger partial charge on any atom is -0.341 e. The SMILES string of the molecule is Cl.O=C(Nc1ncn(CC(=O)N2CCCCCC2)n1)C1CCCCN1. The number of likely N-dealkylation sites (tertiary alicyclic amines) is 1. The van der Waals surface area contributed by atoms with E-state index in [4.69, 9.17) is 0 Å². The van der Waals surface area contributed by atoms with Gasteiger partial charge in [-0.3, -0.25) is 14.9 Å². The molecule has 140 valence electrons. The van der Waals surface area contributed by atoms with Gasteiger partial charge < -0.3 is 10.2 Å². The van der Waals surface area contributed by atoms with E-state index in [0.29, 0.717) is 0 Å². The first-order valence-electron chi connectivity index (χ1n) is 8.94. The smallest absolute Gasteiger partial charge is 0.248 e. The van der Waals surface area contributed by atoms with Crippen molar-refractivity contribution >= 4 is 30.2 Å². The third-order valence-electron chi connectivity index (χ3n) is 4.65. The molecule has 0 radical (unpaired) electrons. The normalized spacial score (nSPS) is 21.1. The number of carbonyl (C=O) groups is 2. The van der Waals surface area contributed by atoms with Crippen LogP contribution in [-0.2, 0) is 16.1 Å². The van der Waals surface area contributed by atoms with Crippen molar-refractivity contribution in [2.24, 2.45) is 0 Å². The van der Waals surface area contributed by atoms with Gasteiger partial charge in [-0.25, -0.2) is 9.67 Å². The summed E-state index contributed by atoms with van der Waals surface area (Å²) in [6, 6.07) is -0.176. The third kappa shape index (κ3) is 5.67. The number of hydrogen-bond donors (Lipinski definition) is 2. The zero-order valence-electron chi connectivity index (χ0n) is 14.4. The summed E-state index contributed by atoms with van der Waals surface area (Å²) in [5.74, 6) is 0.218. The van der Waals surface area contributed by atoms with Gasteiger partial charge in [0.25, 0.3) is 0 Å². The molecule has 2 aliphatic heterocycles. The van der Waals surface area contributed by atoms with Crippen molar-refractivity contribution in [1.82, 2.24) is 25.0 Å². The van der Waals surface area contributed by atoms with E-state index in [-0.39, 0.29) is 42.8 Å². The number of hydrogen-bond acceptors (Lipinski definition) is 5. The Morgan fingerprint density at radius 2 is 1.92 bits per heavy atom. The van der Waals surface area contributed by atoms with Gasteiger partial charge in [-0.1, -0.05) is 19.3 Å². The van der Waals surface area contributed by atoms with Crippen molar-refractivity contribution in [3.8, 4) is 0 Å². The van der Waals surface area contributed by atoms with Crippen LogP contribution in [0.5, 0.6) is 0 Å². The zero-order chi connectivity index (χ0) is 16.8. The molecule has 9 heteroatoms. The monoisotopic (exact) mass is 370 g/mol. The molecule has 2 N–H and O–H groups in total. The number of halogens is 1. The molecule has 0 aromatic carbocycles. The van der Waals surface area contributed by atoms with Gasteiger partial charge in [0.15, 0.2) is 0 Å². The van der Waals surface area contributed by atoms with E-state index >= 15 is 0 Å². The average Bonchev–Trinajstić information content (AvgIpc) is 2.86. The quantitative estimate of drug-likeness (QED) is 0.830. The number of piperidine rings is 1. The van der Waals surface area contributed by atoms with E-state index in [0.717, 1.165) is 51.7 Å². The summed E-state index contributed by atoms with van der Waals surface area (Å²) >= 11 is 0. The highest BCUT2D eigenvalue weighted by Crippen LogP contribution is 2.11. The number of carbonyl (C=O) groups excluding carboxylic acids is 2. The molecule has 1 unspecified atom stereocenters. The lowest BCUT2D eigenvalue weighted by Crippen LogP contribution is -2.43. The summed E-state index contributed by atoms with van der Waals surface area (Å²) < 4.78 is 1.50. The highest BCUT2D eigenvalue weighted by Gasteiger charge is 2.22. The zero-order valence-corrected chi connectivity index (χ0v) is 15.3. The third-order valence-corrected chi connectivity index (χ3v) is 4.65. The molecule has 2 amide bonds. The summed E-state index contributed by atoms with van der Waals surface area (Å²) in [5, 5.41) is 10.1. The molecule has 1 aromatic rings. The van der Waals surface area contributed by atoms with Gasteiger partial charge in [-0.2, -0.15) is 0 Å². The minimum atomic E-state index is -0.176. The highest BCUT2D eigenvalue weighted by atomic mass is 35.5. The van der Waals surface area contributed by atoms with Gasteiger partial charge in [-0.05, 0) is 32.2 Å². The number of anilines is 1. The number of aromatic nitrogens is 3. The number of amides is 2. The molecule has 1 atom stereocenters. The van der Waals surface area contributed by atoms with Gasteiger partial charge in [0.2, 0.25) is 17.8 Å². The summed E-state index contributed by atoms with van der Waals surface area (Å²) in [7, 11) is 0. The molecule has 0 spiro atoms. The fraction of sp³-hybridized carbons (Fsp3) is 0.750. The Hall–Kier alpha value is -1.67. The lowest BCUT2D eigenvalue weighted by Gasteiger charge is -2.21. The van der Waals surface area contributed by atoms with E-state index in [9.17, 15) is 9.59 Å². The molecule has 2 fully saturated rings. The second-order valence-corrected chi connectivity index (χ2v) is 6.55. The van der Waals surface area contributed by atoms with Crippen LogP contribution >= 0.6 is 12.4 Å². The minimum absolute atomic E-state index is 0. The van der Waals surface area contributed by atoms with Crippen LogP contribution in [0.15, 0.2) is 6.33 Å². The van der Waals surface area contributed by atoms with Crippen LogP contribution in [0.2, 0.25) is 0 Å². The molecular weight excluding hydrogens is 344 g/mol. The Morgan fingerprint density at radius 1 is 1.16 bits per heavy atom. The molecule has 25 heavy (non-hydrogen) atoms. The number of rotatable bonds is 4. The Kier molecular flexibility index (Phi) is 7.64.